The first-order chi connectivity index (χ1) is 10.6. The fourth-order valence-corrected chi connectivity index (χ4v) is 2.65. The predicted molar refractivity (Wildman–Crippen MR) is 84.7 cm³/mol. The molecule has 1 amide bonds. The lowest BCUT2D eigenvalue weighted by Gasteiger charge is -2.26. The molecule has 1 aliphatic carbocycles. The van der Waals surface area contributed by atoms with Gasteiger partial charge >= 0.3 is 0 Å². The van der Waals surface area contributed by atoms with E-state index in [9.17, 15) is 4.79 Å². The van der Waals surface area contributed by atoms with Gasteiger partial charge in [0, 0.05) is 25.1 Å². The third-order valence-electron chi connectivity index (χ3n) is 4.13. The van der Waals surface area contributed by atoms with Crippen molar-refractivity contribution >= 4 is 11.9 Å². The Balaban J connectivity index is 1.57. The van der Waals surface area contributed by atoms with Gasteiger partial charge < -0.3 is 20.7 Å². The van der Waals surface area contributed by atoms with Crippen LogP contribution in [0.5, 0.6) is 5.75 Å². The van der Waals surface area contributed by atoms with Gasteiger partial charge in [0.15, 0.2) is 5.96 Å². The summed E-state index contributed by atoms with van der Waals surface area (Å²) in [7, 11) is 1.92. The van der Waals surface area contributed by atoms with Crippen LogP contribution >= 0.6 is 0 Å². The van der Waals surface area contributed by atoms with Crippen LogP contribution in [0, 0.1) is 0 Å². The molecule has 0 bridgehead atoms. The van der Waals surface area contributed by atoms with E-state index in [0.29, 0.717) is 18.6 Å². The van der Waals surface area contributed by atoms with Crippen molar-refractivity contribution in [3.63, 3.8) is 0 Å². The number of nitrogens with one attached hydrogen (secondary N) is 1. The highest BCUT2D eigenvalue weighted by molar-refractivity contribution is 5.84. The largest absolute Gasteiger partial charge is 0.493 e. The van der Waals surface area contributed by atoms with Crippen LogP contribution < -0.4 is 15.8 Å². The molecule has 3 rings (SSSR count). The van der Waals surface area contributed by atoms with Gasteiger partial charge in [-0.3, -0.25) is 4.79 Å². The minimum absolute atomic E-state index is 0.0185. The van der Waals surface area contributed by atoms with Gasteiger partial charge in [0.05, 0.1) is 12.6 Å². The predicted octanol–water partition coefficient (Wildman–Crippen LogP) is 1.04. The lowest BCUT2D eigenvalue weighted by Crippen LogP contribution is -2.38. The zero-order valence-corrected chi connectivity index (χ0v) is 12.8. The standard InChI is InChI=1S/C16H22N4O2/c1-20(11-6-7-11)16(17)18-10-15(21)19-13-8-9-22-14-5-3-2-4-12(13)14/h2-5,11,13H,6-10H2,1H3,(H2,17,18)(H,19,21). The number of benzene rings is 1. The second kappa shape index (κ2) is 6.25. The third kappa shape index (κ3) is 3.32. The number of hydrogen-bond acceptors (Lipinski definition) is 3. The summed E-state index contributed by atoms with van der Waals surface area (Å²) in [4.78, 5) is 18.2. The lowest BCUT2D eigenvalue weighted by atomic mass is 10.0. The van der Waals surface area contributed by atoms with Crippen LogP contribution in [0.2, 0.25) is 0 Å². The number of nitrogens with zero attached hydrogens (tertiary/aromatic N) is 2. The molecule has 0 spiro atoms. The Hall–Kier alpha value is -2.24. The number of carbonyl (C=O) groups excluding carboxylic acids is 1. The smallest absolute Gasteiger partial charge is 0.242 e. The zero-order chi connectivity index (χ0) is 15.5. The lowest BCUT2D eigenvalue weighted by molar-refractivity contribution is -0.120. The Kier molecular flexibility index (Phi) is 4.18. The number of fused-ring (bicyclic) bond motifs is 1. The van der Waals surface area contributed by atoms with E-state index in [1.807, 2.05) is 36.2 Å². The molecular weight excluding hydrogens is 280 g/mol. The summed E-state index contributed by atoms with van der Waals surface area (Å²) in [5.41, 5.74) is 6.91. The molecule has 1 aromatic carbocycles. The third-order valence-corrected chi connectivity index (χ3v) is 4.13. The summed E-state index contributed by atoms with van der Waals surface area (Å²) >= 11 is 0. The molecule has 3 N–H and O–H groups in total. The van der Waals surface area contributed by atoms with Crippen LogP contribution in [0.1, 0.15) is 30.9 Å². The highest BCUT2D eigenvalue weighted by Gasteiger charge is 2.27. The van der Waals surface area contributed by atoms with E-state index in [-0.39, 0.29) is 18.5 Å². The first kappa shape index (κ1) is 14.7. The topological polar surface area (TPSA) is 80.0 Å². The van der Waals surface area contributed by atoms with Gasteiger partial charge in [0.1, 0.15) is 12.3 Å². The summed E-state index contributed by atoms with van der Waals surface area (Å²) in [5.74, 6) is 1.16. The van der Waals surface area contributed by atoms with Crippen molar-refractivity contribution in [2.45, 2.75) is 31.3 Å². The van der Waals surface area contributed by atoms with Crippen molar-refractivity contribution in [1.29, 1.82) is 0 Å². The van der Waals surface area contributed by atoms with Gasteiger partial charge in [-0.25, -0.2) is 4.99 Å². The molecule has 2 aliphatic rings. The molecule has 1 fully saturated rings. The molecule has 6 nitrogen and oxygen atoms in total. The molecule has 118 valence electrons. The van der Waals surface area contributed by atoms with Crippen molar-refractivity contribution < 1.29 is 9.53 Å². The number of hydrogen-bond donors (Lipinski definition) is 2. The van der Waals surface area contributed by atoms with Crippen molar-refractivity contribution in [1.82, 2.24) is 10.2 Å². The average molecular weight is 302 g/mol. The van der Waals surface area contributed by atoms with Gasteiger partial charge in [-0.15, -0.1) is 0 Å². The second-order valence-electron chi connectivity index (χ2n) is 5.81. The van der Waals surface area contributed by atoms with E-state index in [4.69, 9.17) is 10.5 Å². The SMILES string of the molecule is CN(C(N)=NCC(=O)NC1CCOc2ccccc21)C1CC1. The Bertz CT molecular complexity index is 583. The van der Waals surface area contributed by atoms with E-state index in [1.165, 1.54) is 0 Å². The molecule has 0 radical (unpaired) electrons. The van der Waals surface area contributed by atoms with Crippen LogP contribution in [0.3, 0.4) is 0 Å². The molecular formula is C16H22N4O2. The van der Waals surface area contributed by atoms with E-state index < -0.39 is 0 Å². The normalized spacial score (nSPS) is 20.8. The molecule has 0 saturated heterocycles. The Labute approximate surface area is 130 Å². The van der Waals surface area contributed by atoms with Crippen molar-refractivity contribution in [3.8, 4) is 5.75 Å². The van der Waals surface area contributed by atoms with E-state index in [2.05, 4.69) is 10.3 Å². The van der Waals surface area contributed by atoms with Crippen molar-refractivity contribution in [2.24, 2.45) is 10.7 Å². The van der Waals surface area contributed by atoms with Crippen LogP contribution in [-0.2, 0) is 4.79 Å². The molecule has 1 saturated carbocycles. The Morgan fingerprint density at radius 1 is 1.41 bits per heavy atom. The quantitative estimate of drug-likeness (QED) is 0.643. The second-order valence-corrected chi connectivity index (χ2v) is 5.81. The highest BCUT2D eigenvalue weighted by Crippen LogP contribution is 2.31. The van der Waals surface area contributed by atoms with Gasteiger partial charge in [-0.1, -0.05) is 18.2 Å². The fraction of sp³-hybridized carbons (Fsp3) is 0.500. The fourth-order valence-electron chi connectivity index (χ4n) is 2.65. The van der Waals surface area contributed by atoms with E-state index >= 15 is 0 Å². The average Bonchev–Trinajstić information content (AvgIpc) is 3.37. The van der Waals surface area contributed by atoms with E-state index in [0.717, 1.165) is 30.6 Å². The summed E-state index contributed by atoms with van der Waals surface area (Å²) in [5, 5.41) is 3.01. The molecule has 1 atom stereocenters. The summed E-state index contributed by atoms with van der Waals surface area (Å²) < 4.78 is 5.59. The Morgan fingerprint density at radius 2 is 2.18 bits per heavy atom. The molecule has 22 heavy (non-hydrogen) atoms. The maximum Gasteiger partial charge on any atom is 0.242 e. The minimum atomic E-state index is -0.117. The summed E-state index contributed by atoms with van der Waals surface area (Å²) in [6, 6.07) is 8.27. The van der Waals surface area contributed by atoms with E-state index in [1.54, 1.807) is 0 Å². The monoisotopic (exact) mass is 302 g/mol. The molecule has 6 heteroatoms. The number of amides is 1. The van der Waals surface area contributed by atoms with Gasteiger partial charge in [-0.05, 0) is 18.9 Å². The maximum absolute atomic E-state index is 12.1. The van der Waals surface area contributed by atoms with Crippen LogP contribution in [0.4, 0.5) is 0 Å². The number of guanidine groups is 1. The molecule has 1 aromatic rings. The number of rotatable bonds is 4. The number of nitrogens with two attached hydrogens (primary N) is 1. The maximum atomic E-state index is 12.1. The van der Waals surface area contributed by atoms with Crippen molar-refractivity contribution in [3.05, 3.63) is 29.8 Å². The number of carbonyl (C=O) groups is 1. The number of ether oxygens (including phenoxy) is 1. The van der Waals surface area contributed by atoms with Crippen LogP contribution in [0.15, 0.2) is 29.3 Å². The Morgan fingerprint density at radius 3 is 2.95 bits per heavy atom. The first-order valence-electron chi connectivity index (χ1n) is 7.69. The summed E-state index contributed by atoms with van der Waals surface area (Å²) in [6.07, 6.45) is 3.07. The molecule has 1 aliphatic heterocycles. The van der Waals surface area contributed by atoms with Gasteiger partial charge in [0.2, 0.25) is 5.91 Å². The van der Waals surface area contributed by atoms with Gasteiger partial charge in [-0.2, -0.15) is 0 Å². The summed E-state index contributed by atoms with van der Waals surface area (Å²) in [6.45, 7) is 0.667. The van der Waals surface area contributed by atoms with Gasteiger partial charge in [0.25, 0.3) is 0 Å². The van der Waals surface area contributed by atoms with Crippen LogP contribution in [-0.4, -0.2) is 43.0 Å². The zero-order valence-electron chi connectivity index (χ0n) is 12.8. The molecule has 0 aromatic heterocycles. The number of aliphatic imine (C=N–C) groups is 1. The molecule has 1 heterocycles. The molecule has 1 unspecified atom stereocenters. The minimum Gasteiger partial charge on any atom is -0.493 e. The van der Waals surface area contributed by atoms with Crippen LogP contribution in [0.25, 0.3) is 0 Å². The van der Waals surface area contributed by atoms with Crippen molar-refractivity contribution in [2.75, 3.05) is 20.2 Å². The highest BCUT2D eigenvalue weighted by atomic mass is 16.5. The first-order valence-corrected chi connectivity index (χ1v) is 7.69. The number of para-hydroxylation sites is 1.